The van der Waals surface area contributed by atoms with Gasteiger partial charge in [0.25, 0.3) is 0 Å². The van der Waals surface area contributed by atoms with E-state index in [1.54, 1.807) is 0 Å². The molecule has 0 aliphatic carbocycles. The zero-order chi connectivity index (χ0) is 10.7. The van der Waals surface area contributed by atoms with Gasteiger partial charge < -0.3 is 10.2 Å². The first-order valence-electron chi connectivity index (χ1n) is 6.71. The van der Waals surface area contributed by atoms with Crippen molar-refractivity contribution in [3.63, 3.8) is 0 Å². The summed E-state index contributed by atoms with van der Waals surface area (Å²) in [7, 11) is 0. The van der Waals surface area contributed by atoms with Crippen LogP contribution in [0.1, 0.15) is 39.5 Å². The highest BCUT2D eigenvalue weighted by molar-refractivity contribution is 4.85. The summed E-state index contributed by atoms with van der Waals surface area (Å²) in [4.78, 5) is 2.65. The van der Waals surface area contributed by atoms with Gasteiger partial charge in [0.2, 0.25) is 0 Å². The van der Waals surface area contributed by atoms with Crippen LogP contribution in [0.15, 0.2) is 0 Å². The van der Waals surface area contributed by atoms with Crippen molar-refractivity contribution >= 4 is 0 Å². The van der Waals surface area contributed by atoms with E-state index in [1.165, 1.54) is 51.9 Å². The van der Waals surface area contributed by atoms with E-state index in [0.29, 0.717) is 0 Å². The largest absolute Gasteiger partial charge is 0.314 e. The number of hydrogen-bond donors (Lipinski definition) is 1. The van der Waals surface area contributed by atoms with E-state index in [9.17, 15) is 0 Å². The number of likely N-dealkylation sites (tertiary alicyclic amines) is 1. The van der Waals surface area contributed by atoms with Crippen molar-refractivity contribution in [1.82, 2.24) is 10.2 Å². The molecule has 0 amide bonds. The van der Waals surface area contributed by atoms with Crippen LogP contribution in [0.2, 0.25) is 0 Å². The van der Waals surface area contributed by atoms with Crippen molar-refractivity contribution in [3.8, 4) is 0 Å². The van der Waals surface area contributed by atoms with Gasteiger partial charge in [0.1, 0.15) is 0 Å². The van der Waals surface area contributed by atoms with Gasteiger partial charge in [-0.05, 0) is 57.2 Å². The summed E-state index contributed by atoms with van der Waals surface area (Å²) in [5.74, 6) is 1.79. The molecule has 15 heavy (non-hydrogen) atoms. The van der Waals surface area contributed by atoms with Crippen LogP contribution in [0, 0.1) is 11.8 Å². The third-order valence-electron chi connectivity index (χ3n) is 3.92. The van der Waals surface area contributed by atoms with Gasteiger partial charge in [0.05, 0.1) is 0 Å². The fourth-order valence-corrected chi connectivity index (χ4v) is 3.17. The number of nitrogens with zero attached hydrogens (tertiary/aromatic N) is 1. The van der Waals surface area contributed by atoms with Crippen LogP contribution < -0.4 is 5.32 Å². The Hall–Kier alpha value is -0.0800. The fraction of sp³-hybridized carbons (Fsp3) is 1.00. The van der Waals surface area contributed by atoms with Crippen LogP contribution >= 0.6 is 0 Å². The molecule has 2 fully saturated rings. The molecule has 0 aromatic rings. The molecular formula is C13H26N2. The van der Waals surface area contributed by atoms with Crippen LogP contribution in [0.3, 0.4) is 0 Å². The first-order chi connectivity index (χ1) is 7.25. The van der Waals surface area contributed by atoms with E-state index in [-0.39, 0.29) is 0 Å². The molecule has 0 aromatic carbocycles. The Morgan fingerprint density at radius 3 is 2.47 bits per heavy atom. The molecule has 2 saturated heterocycles. The molecule has 1 unspecified atom stereocenters. The summed E-state index contributed by atoms with van der Waals surface area (Å²) in [5.41, 5.74) is 0. The summed E-state index contributed by atoms with van der Waals surface area (Å²) >= 11 is 0. The molecule has 0 aromatic heterocycles. The first kappa shape index (κ1) is 11.4. The van der Waals surface area contributed by atoms with Crippen molar-refractivity contribution in [2.45, 2.75) is 45.6 Å². The smallest absolute Gasteiger partial charge is 0.00967 e. The minimum absolute atomic E-state index is 0.825. The monoisotopic (exact) mass is 210 g/mol. The molecule has 2 aliphatic heterocycles. The first-order valence-corrected chi connectivity index (χ1v) is 6.71. The summed E-state index contributed by atoms with van der Waals surface area (Å²) in [6, 6.07) is 0.853. The molecule has 2 heterocycles. The number of piperidine rings is 1. The predicted octanol–water partition coefficient (Wildman–Crippen LogP) is 2.11. The maximum atomic E-state index is 3.66. The van der Waals surface area contributed by atoms with Crippen LogP contribution in [0.5, 0.6) is 0 Å². The van der Waals surface area contributed by atoms with Gasteiger partial charge >= 0.3 is 0 Å². The van der Waals surface area contributed by atoms with Crippen molar-refractivity contribution in [2.75, 3.05) is 26.2 Å². The Morgan fingerprint density at radius 1 is 1.20 bits per heavy atom. The van der Waals surface area contributed by atoms with E-state index in [2.05, 4.69) is 24.1 Å². The quantitative estimate of drug-likeness (QED) is 0.767. The van der Waals surface area contributed by atoms with Gasteiger partial charge in [0.15, 0.2) is 0 Å². The third kappa shape index (κ3) is 3.18. The molecule has 1 atom stereocenters. The number of nitrogens with one attached hydrogen (secondary N) is 1. The molecule has 2 heteroatoms. The Morgan fingerprint density at radius 2 is 1.93 bits per heavy atom. The van der Waals surface area contributed by atoms with Crippen molar-refractivity contribution in [3.05, 3.63) is 0 Å². The standard InChI is InChI=1S/C13H26N2/c1-11(2)10-15-8-5-12(6-9-15)13-4-3-7-14-13/h11-14H,3-10H2,1-2H3. The van der Waals surface area contributed by atoms with Gasteiger partial charge in [-0.3, -0.25) is 0 Å². The maximum absolute atomic E-state index is 3.66. The fourth-order valence-electron chi connectivity index (χ4n) is 3.17. The summed E-state index contributed by atoms with van der Waals surface area (Å²) in [6.07, 6.45) is 5.67. The van der Waals surface area contributed by atoms with Gasteiger partial charge in [-0.15, -0.1) is 0 Å². The molecule has 2 aliphatic rings. The lowest BCUT2D eigenvalue weighted by atomic mass is 9.88. The summed E-state index contributed by atoms with van der Waals surface area (Å²) in [5, 5.41) is 3.66. The lowest BCUT2D eigenvalue weighted by molar-refractivity contribution is 0.150. The highest BCUT2D eigenvalue weighted by Crippen LogP contribution is 2.25. The zero-order valence-electron chi connectivity index (χ0n) is 10.3. The molecular weight excluding hydrogens is 184 g/mol. The van der Waals surface area contributed by atoms with E-state index in [1.807, 2.05) is 0 Å². The summed E-state index contributed by atoms with van der Waals surface area (Å²) in [6.45, 7) is 9.87. The van der Waals surface area contributed by atoms with Crippen LogP contribution in [0.4, 0.5) is 0 Å². The minimum atomic E-state index is 0.825. The van der Waals surface area contributed by atoms with Crippen LogP contribution in [-0.2, 0) is 0 Å². The Bertz CT molecular complexity index is 177. The molecule has 0 spiro atoms. The molecule has 1 N–H and O–H groups in total. The minimum Gasteiger partial charge on any atom is -0.314 e. The molecule has 0 saturated carbocycles. The van der Waals surface area contributed by atoms with Gasteiger partial charge in [-0.1, -0.05) is 13.8 Å². The van der Waals surface area contributed by atoms with Crippen molar-refractivity contribution in [2.24, 2.45) is 11.8 Å². The average molecular weight is 210 g/mol. The maximum Gasteiger partial charge on any atom is 0.00967 e. The van der Waals surface area contributed by atoms with E-state index in [4.69, 9.17) is 0 Å². The SMILES string of the molecule is CC(C)CN1CCC(C2CCCN2)CC1. The summed E-state index contributed by atoms with van der Waals surface area (Å²) < 4.78 is 0. The molecule has 0 radical (unpaired) electrons. The van der Waals surface area contributed by atoms with Crippen LogP contribution in [-0.4, -0.2) is 37.1 Å². The van der Waals surface area contributed by atoms with Crippen molar-refractivity contribution < 1.29 is 0 Å². The molecule has 2 nitrogen and oxygen atoms in total. The van der Waals surface area contributed by atoms with Gasteiger partial charge in [-0.2, -0.15) is 0 Å². The Balaban J connectivity index is 1.71. The van der Waals surface area contributed by atoms with Crippen molar-refractivity contribution in [1.29, 1.82) is 0 Å². The second-order valence-corrected chi connectivity index (χ2v) is 5.73. The topological polar surface area (TPSA) is 15.3 Å². The molecule has 0 bridgehead atoms. The van der Waals surface area contributed by atoms with E-state index in [0.717, 1.165) is 17.9 Å². The highest BCUT2D eigenvalue weighted by atomic mass is 15.1. The molecule has 2 rings (SSSR count). The Labute approximate surface area is 94.4 Å². The molecule has 88 valence electrons. The average Bonchev–Trinajstić information content (AvgIpc) is 2.71. The number of rotatable bonds is 3. The van der Waals surface area contributed by atoms with E-state index >= 15 is 0 Å². The van der Waals surface area contributed by atoms with Crippen LogP contribution in [0.25, 0.3) is 0 Å². The zero-order valence-corrected chi connectivity index (χ0v) is 10.3. The normalized spacial score (nSPS) is 30.2. The number of hydrogen-bond acceptors (Lipinski definition) is 2. The highest BCUT2D eigenvalue weighted by Gasteiger charge is 2.28. The predicted molar refractivity (Wildman–Crippen MR) is 65.0 cm³/mol. The van der Waals surface area contributed by atoms with Gasteiger partial charge in [-0.25, -0.2) is 0 Å². The lowest BCUT2D eigenvalue weighted by Gasteiger charge is -2.35. The lowest BCUT2D eigenvalue weighted by Crippen LogP contribution is -2.41. The second kappa shape index (κ2) is 5.31. The van der Waals surface area contributed by atoms with Gasteiger partial charge in [0, 0.05) is 12.6 Å². The Kier molecular flexibility index (Phi) is 4.04. The third-order valence-corrected chi connectivity index (χ3v) is 3.92. The van der Waals surface area contributed by atoms with E-state index < -0.39 is 0 Å². The second-order valence-electron chi connectivity index (χ2n) is 5.73.